The molecule has 0 aliphatic carbocycles. The van der Waals surface area contributed by atoms with Crippen molar-refractivity contribution >= 4 is 33.2 Å². The predicted octanol–water partition coefficient (Wildman–Crippen LogP) is 2.61. The molecule has 0 saturated carbocycles. The molecule has 5 nitrogen and oxygen atoms in total. The molecule has 0 bridgehead atoms. The van der Waals surface area contributed by atoms with Gasteiger partial charge in [-0.25, -0.2) is 0 Å². The second-order valence-corrected chi connectivity index (χ2v) is 6.59. The van der Waals surface area contributed by atoms with Crippen molar-refractivity contribution in [2.75, 3.05) is 11.4 Å². The fraction of sp³-hybridized carbons (Fsp3) is 0.500. The van der Waals surface area contributed by atoms with Gasteiger partial charge in [-0.2, -0.15) is 4.98 Å². The number of aromatic nitrogens is 3. The van der Waals surface area contributed by atoms with Crippen LogP contribution in [0, 0.1) is 0 Å². The van der Waals surface area contributed by atoms with E-state index in [1.165, 1.54) is 0 Å². The van der Waals surface area contributed by atoms with Crippen LogP contribution in [0.15, 0.2) is 15.9 Å². The van der Waals surface area contributed by atoms with Crippen molar-refractivity contribution in [1.29, 1.82) is 0 Å². The smallest absolute Gasteiger partial charge is 0.245 e. The van der Waals surface area contributed by atoms with Gasteiger partial charge in [0.2, 0.25) is 5.95 Å². The third-order valence-corrected chi connectivity index (χ3v) is 5.45. The standard InChI is InChI=1S/C12H16BrN5S/c1-7-9(14)3-2-5-18(7)12-15-11(16-17-12)10-8(13)4-6-19-10/h4,6-7,9H,2-3,5,14H2,1H3,(H,15,16,17). The topological polar surface area (TPSA) is 70.8 Å². The maximum atomic E-state index is 6.12. The van der Waals surface area contributed by atoms with Crippen LogP contribution in [-0.4, -0.2) is 33.8 Å². The zero-order valence-electron chi connectivity index (χ0n) is 10.6. The molecule has 1 fully saturated rings. The lowest BCUT2D eigenvalue weighted by Gasteiger charge is -2.36. The monoisotopic (exact) mass is 341 g/mol. The molecule has 1 saturated heterocycles. The number of nitrogens with two attached hydrogens (primary N) is 1. The molecule has 1 aliphatic rings. The summed E-state index contributed by atoms with van der Waals surface area (Å²) in [5.74, 6) is 1.56. The number of H-pyrrole nitrogens is 1. The number of nitrogens with one attached hydrogen (secondary N) is 1. The first-order chi connectivity index (χ1) is 9.16. The molecule has 0 radical (unpaired) electrons. The maximum Gasteiger partial charge on any atom is 0.245 e. The number of piperidine rings is 1. The van der Waals surface area contributed by atoms with Gasteiger partial charge in [0.15, 0.2) is 5.82 Å². The highest BCUT2D eigenvalue weighted by molar-refractivity contribution is 9.10. The van der Waals surface area contributed by atoms with Gasteiger partial charge in [-0.15, -0.1) is 16.4 Å². The van der Waals surface area contributed by atoms with E-state index in [4.69, 9.17) is 5.73 Å². The Labute approximate surface area is 124 Å². The summed E-state index contributed by atoms with van der Waals surface area (Å²) in [7, 11) is 0. The highest BCUT2D eigenvalue weighted by Crippen LogP contribution is 2.32. The Morgan fingerprint density at radius 2 is 2.42 bits per heavy atom. The first-order valence-corrected chi connectivity index (χ1v) is 8.02. The van der Waals surface area contributed by atoms with E-state index in [9.17, 15) is 0 Å². The van der Waals surface area contributed by atoms with Gasteiger partial charge in [-0.05, 0) is 47.1 Å². The van der Waals surface area contributed by atoms with E-state index in [0.29, 0.717) is 0 Å². The van der Waals surface area contributed by atoms with Crippen molar-refractivity contribution < 1.29 is 0 Å². The van der Waals surface area contributed by atoms with E-state index in [-0.39, 0.29) is 12.1 Å². The number of nitrogens with zero attached hydrogens (tertiary/aromatic N) is 3. The summed E-state index contributed by atoms with van der Waals surface area (Å²) in [6, 6.07) is 2.50. The van der Waals surface area contributed by atoms with Crippen LogP contribution in [-0.2, 0) is 0 Å². The van der Waals surface area contributed by atoms with E-state index in [0.717, 1.165) is 40.5 Å². The van der Waals surface area contributed by atoms with Crippen LogP contribution in [0.2, 0.25) is 0 Å². The SMILES string of the molecule is CC1C(N)CCCN1c1n[nH]c(-c2sccc2Br)n1. The normalized spacial score (nSPS) is 23.8. The molecule has 1 aliphatic heterocycles. The van der Waals surface area contributed by atoms with Gasteiger partial charge < -0.3 is 10.6 Å². The van der Waals surface area contributed by atoms with Crippen molar-refractivity contribution in [2.24, 2.45) is 5.73 Å². The third kappa shape index (κ3) is 2.42. The van der Waals surface area contributed by atoms with Crippen LogP contribution in [0.25, 0.3) is 10.7 Å². The lowest BCUT2D eigenvalue weighted by atomic mass is 9.99. The molecule has 0 spiro atoms. The second-order valence-electron chi connectivity index (χ2n) is 4.82. The third-order valence-electron chi connectivity index (χ3n) is 3.61. The van der Waals surface area contributed by atoms with Gasteiger partial charge in [-0.1, -0.05) is 0 Å². The maximum absolute atomic E-state index is 6.12. The number of anilines is 1. The van der Waals surface area contributed by atoms with Gasteiger partial charge in [-0.3, -0.25) is 5.10 Å². The first-order valence-electron chi connectivity index (χ1n) is 6.35. The lowest BCUT2D eigenvalue weighted by molar-refractivity contribution is 0.416. The molecule has 102 valence electrons. The van der Waals surface area contributed by atoms with Gasteiger partial charge in [0.1, 0.15) is 0 Å². The van der Waals surface area contributed by atoms with Crippen molar-refractivity contribution in [3.8, 4) is 10.7 Å². The van der Waals surface area contributed by atoms with E-state index in [1.807, 2.05) is 11.4 Å². The molecular formula is C12H16BrN5S. The minimum Gasteiger partial charge on any atom is -0.335 e. The number of thiophene rings is 1. The molecule has 3 rings (SSSR count). The number of hydrogen-bond acceptors (Lipinski definition) is 5. The summed E-state index contributed by atoms with van der Waals surface area (Å²) in [6.07, 6.45) is 2.17. The van der Waals surface area contributed by atoms with Crippen molar-refractivity contribution in [3.05, 3.63) is 15.9 Å². The number of hydrogen-bond donors (Lipinski definition) is 2. The van der Waals surface area contributed by atoms with Crippen LogP contribution in [0.4, 0.5) is 5.95 Å². The predicted molar refractivity (Wildman–Crippen MR) is 81.4 cm³/mol. The minimum absolute atomic E-state index is 0.198. The Kier molecular flexibility index (Phi) is 3.60. The van der Waals surface area contributed by atoms with Gasteiger partial charge in [0.05, 0.1) is 4.88 Å². The van der Waals surface area contributed by atoms with Crippen molar-refractivity contribution in [2.45, 2.75) is 31.8 Å². The fourth-order valence-electron chi connectivity index (χ4n) is 2.40. The van der Waals surface area contributed by atoms with Crippen LogP contribution >= 0.6 is 27.3 Å². The summed E-state index contributed by atoms with van der Waals surface area (Å²) in [5.41, 5.74) is 6.12. The van der Waals surface area contributed by atoms with Crippen LogP contribution in [0.1, 0.15) is 19.8 Å². The highest BCUT2D eigenvalue weighted by Gasteiger charge is 2.28. The molecular weight excluding hydrogens is 326 g/mol. The average Bonchev–Trinajstić information content (AvgIpc) is 3.01. The van der Waals surface area contributed by atoms with E-state index in [1.54, 1.807) is 11.3 Å². The van der Waals surface area contributed by atoms with Crippen LogP contribution in [0.5, 0.6) is 0 Å². The summed E-state index contributed by atoms with van der Waals surface area (Å²) in [5, 5.41) is 9.39. The average molecular weight is 342 g/mol. The van der Waals surface area contributed by atoms with Crippen LogP contribution < -0.4 is 10.6 Å². The van der Waals surface area contributed by atoms with Crippen molar-refractivity contribution in [3.63, 3.8) is 0 Å². The van der Waals surface area contributed by atoms with Gasteiger partial charge >= 0.3 is 0 Å². The molecule has 2 unspecified atom stereocenters. The molecule has 2 atom stereocenters. The van der Waals surface area contributed by atoms with E-state index >= 15 is 0 Å². The summed E-state index contributed by atoms with van der Waals surface area (Å²) >= 11 is 5.16. The Morgan fingerprint density at radius 1 is 1.58 bits per heavy atom. The Balaban J connectivity index is 1.87. The Morgan fingerprint density at radius 3 is 3.16 bits per heavy atom. The molecule has 2 aromatic rings. The molecule has 19 heavy (non-hydrogen) atoms. The van der Waals surface area contributed by atoms with Crippen LogP contribution in [0.3, 0.4) is 0 Å². The van der Waals surface area contributed by atoms with Gasteiger partial charge in [0.25, 0.3) is 0 Å². The van der Waals surface area contributed by atoms with E-state index in [2.05, 4.69) is 42.9 Å². The number of aromatic amines is 1. The van der Waals surface area contributed by atoms with E-state index < -0.39 is 0 Å². The Bertz CT molecular complexity index is 566. The number of rotatable bonds is 2. The zero-order chi connectivity index (χ0) is 13.4. The van der Waals surface area contributed by atoms with Gasteiger partial charge in [0, 0.05) is 23.1 Å². The highest BCUT2D eigenvalue weighted by atomic mass is 79.9. The second kappa shape index (κ2) is 5.22. The summed E-state index contributed by atoms with van der Waals surface area (Å²) < 4.78 is 1.04. The molecule has 0 aromatic carbocycles. The summed E-state index contributed by atoms with van der Waals surface area (Å²) in [4.78, 5) is 7.87. The quantitative estimate of drug-likeness (QED) is 0.880. The fourth-order valence-corrected chi connectivity index (χ4v) is 3.90. The van der Waals surface area contributed by atoms with Crippen molar-refractivity contribution in [1.82, 2.24) is 15.2 Å². The number of halogens is 1. The molecule has 0 amide bonds. The largest absolute Gasteiger partial charge is 0.335 e. The molecule has 3 N–H and O–H groups in total. The zero-order valence-corrected chi connectivity index (χ0v) is 13.0. The minimum atomic E-state index is 0.198. The first kappa shape index (κ1) is 13.1. The molecule has 7 heteroatoms. The Hall–Kier alpha value is -0.920. The molecule has 2 aromatic heterocycles. The molecule has 3 heterocycles. The lowest BCUT2D eigenvalue weighted by Crippen LogP contribution is -2.50. The summed E-state index contributed by atoms with van der Waals surface area (Å²) in [6.45, 7) is 3.11.